The van der Waals surface area contributed by atoms with Crippen LogP contribution in [0.4, 0.5) is 5.69 Å². The van der Waals surface area contributed by atoms with Crippen molar-refractivity contribution in [2.45, 2.75) is 76.4 Å². The number of anilines is 1. The predicted molar refractivity (Wildman–Crippen MR) is 388 cm³/mol. The van der Waals surface area contributed by atoms with Crippen molar-refractivity contribution in [3.8, 4) is 63.0 Å². The fourth-order valence-electron chi connectivity index (χ4n) is 7.55. The van der Waals surface area contributed by atoms with Crippen LogP contribution >= 0.6 is 33.0 Å². The Balaban J connectivity index is -0.00000112. The van der Waals surface area contributed by atoms with Crippen LogP contribution in [0.15, 0.2) is 194 Å². The molecular weight excluding hydrogens is 1350 g/mol. The highest BCUT2D eigenvalue weighted by molar-refractivity contribution is 8.26. The number of aromatic hydroxyl groups is 6. The van der Waals surface area contributed by atoms with Gasteiger partial charge in [0.05, 0.1) is 44.6 Å². The number of nitrogens with two attached hydrogens (primary N) is 1. The Bertz CT molecular complexity index is 3820. The van der Waals surface area contributed by atoms with Gasteiger partial charge < -0.3 is 56.0 Å². The number of carbonyl (C=O) groups is 6. The number of hydrazine groups is 1. The Morgan fingerprint density at radius 3 is 1.04 bits per heavy atom. The number of amides is 2. The molecule has 0 saturated carbocycles. The molecule has 23 nitrogen and oxygen atoms in total. The predicted octanol–water partition coefficient (Wildman–Crippen LogP) is 15.4. The SMILES string of the molecule is C.C.C.C.C.C[Si](C)(C)N[Si](C)(C)C.NNc1ccc(C(=O)O)cc1.O=C(Cl)c1ccccc1O.O=C(NC(=O)c1ccccc1O)c1ccccc1O.O=C(O)c1ccc(-n2nc(-c3ccccc3O)nc2-c2ccccc2O)cc1.O=C(O)c1ccccc1O.O=S(Cl)Cl. The third kappa shape index (κ3) is 31.3. The smallest absolute Gasteiger partial charge is 0.339 e. The molecule has 1 aromatic heterocycles. The lowest BCUT2D eigenvalue weighted by atomic mass is 10.1. The zero-order valence-corrected chi connectivity index (χ0v) is 54.4. The second-order valence-electron chi connectivity index (χ2n) is 20.3. The second-order valence-corrected chi connectivity index (χ2v) is 33.2. The number of phenols is 6. The van der Waals surface area contributed by atoms with Gasteiger partial charge in [-0.05, 0) is 133 Å². The number of nitrogen functional groups attached to an aromatic ring is 1. The van der Waals surface area contributed by atoms with E-state index in [1.54, 1.807) is 115 Å². The number of carbonyl (C=O) groups excluding carboxylic acids is 3. The van der Waals surface area contributed by atoms with E-state index in [1.165, 1.54) is 83.5 Å². The average molecular weight is 1440 g/mol. The minimum Gasteiger partial charge on any atom is -0.507 e. The number of carboxylic acids is 3. The molecule has 0 radical (unpaired) electrons. The molecule has 0 fully saturated rings. The lowest BCUT2D eigenvalue weighted by Gasteiger charge is -2.28. The molecule has 1 heterocycles. The summed E-state index contributed by atoms with van der Waals surface area (Å²) in [7, 11) is 5.40. The van der Waals surface area contributed by atoms with Crippen LogP contribution in [0.3, 0.4) is 0 Å². The third-order valence-electron chi connectivity index (χ3n) is 11.1. The van der Waals surface area contributed by atoms with E-state index in [2.05, 4.69) is 86.1 Å². The van der Waals surface area contributed by atoms with E-state index in [-0.39, 0.29) is 111 Å². The molecule has 9 aromatic rings. The summed E-state index contributed by atoms with van der Waals surface area (Å²) in [5, 5.41) is 89.3. The summed E-state index contributed by atoms with van der Waals surface area (Å²) >= 11 is 5.11. The molecular formula is C67H84Cl3N7O16SSi2. The van der Waals surface area contributed by atoms with Gasteiger partial charge in [0.1, 0.15) is 56.5 Å². The van der Waals surface area contributed by atoms with Crippen molar-refractivity contribution >= 4 is 99.3 Å². The summed E-state index contributed by atoms with van der Waals surface area (Å²) in [6, 6.07) is 49.4. The quantitative estimate of drug-likeness (QED) is 0.0178. The molecule has 2 amide bonds. The first kappa shape index (κ1) is 90.3. The van der Waals surface area contributed by atoms with E-state index in [9.17, 15) is 49.2 Å². The van der Waals surface area contributed by atoms with Crippen LogP contribution < -0.4 is 21.2 Å². The Labute approximate surface area is 577 Å². The van der Waals surface area contributed by atoms with Crippen molar-refractivity contribution in [3.63, 3.8) is 0 Å². The van der Waals surface area contributed by atoms with Crippen molar-refractivity contribution < 1.29 is 78.9 Å². The molecule has 9 rings (SSSR count). The Kier molecular flexibility index (Phi) is 41.3. The van der Waals surface area contributed by atoms with Gasteiger partial charge in [-0.2, -0.15) is 0 Å². The molecule has 0 saturated heterocycles. The maximum absolute atomic E-state index is 11.8. The van der Waals surface area contributed by atoms with Crippen LogP contribution in [-0.2, 0) is 9.23 Å². The van der Waals surface area contributed by atoms with Gasteiger partial charge in [0.25, 0.3) is 17.1 Å². The van der Waals surface area contributed by atoms with E-state index in [4.69, 9.17) is 47.2 Å². The molecule has 0 atom stereocenters. The van der Waals surface area contributed by atoms with Crippen LogP contribution in [0.5, 0.6) is 34.5 Å². The summed E-state index contributed by atoms with van der Waals surface area (Å²) in [5.74, 6) is 0.526. The number of aromatic nitrogens is 3. The number of imide groups is 1. The Morgan fingerprint density at radius 2 is 0.760 bits per heavy atom. The lowest BCUT2D eigenvalue weighted by molar-refractivity contribution is 0.0683. The number of nitrogens with zero attached hydrogens (tertiary/aromatic N) is 3. The van der Waals surface area contributed by atoms with Crippen LogP contribution in [0, 0.1) is 0 Å². The summed E-state index contributed by atoms with van der Waals surface area (Å²) in [6.07, 6.45) is 0. The molecule has 0 bridgehead atoms. The fraction of sp³-hybridized carbons (Fsp3) is 0.164. The second kappa shape index (κ2) is 43.9. The first-order chi connectivity index (χ1) is 42.7. The summed E-state index contributed by atoms with van der Waals surface area (Å²) in [6.45, 7) is 14.1. The maximum Gasteiger partial charge on any atom is 0.339 e. The highest BCUT2D eigenvalue weighted by Gasteiger charge is 2.23. The van der Waals surface area contributed by atoms with Crippen molar-refractivity contribution in [3.05, 3.63) is 228 Å². The minimum absolute atomic E-state index is 0. The van der Waals surface area contributed by atoms with Gasteiger partial charge in [-0.1, -0.05) is 149 Å². The van der Waals surface area contributed by atoms with E-state index >= 15 is 0 Å². The normalized spacial score (nSPS) is 9.74. The first-order valence-electron chi connectivity index (χ1n) is 26.4. The van der Waals surface area contributed by atoms with Gasteiger partial charge >= 0.3 is 17.9 Å². The van der Waals surface area contributed by atoms with Crippen LogP contribution in [0.1, 0.15) is 99.3 Å². The molecule has 0 spiro atoms. The van der Waals surface area contributed by atoms with Gasteiger partial charge in [0.15, 0.2) is 11.6 Å². The summed E-state index contributed by atoms with van der Waals surface area (Å²) in [4.78, 5) is 70.3. The van der Waals surface area contributed by atoms with E-state index in [1.807, 2.05) is 0 Å². The lowest BCUT2D eigenvalue weighted by Crippen LogP contribution is -2.55. The standard InChI is InChI=1S/C21H15N3O4.C14H11NO4.C7H5ClO2.C7H8N2O2.C7H6O3.C6H19NSi2.5CH4.Cl2OS/c25-17-7-3-1-5-15(17)19-22-20(16-6-2-4-8-18(16)26)24(23-19)14-11-9-13(10-12-14)21(27)28;16-11-7-3-1-5-9(11)13(18)15-14(19)10-6-2-4-8-12(10)17;8-7(10)5-3-1-2-4-6(5)9;8-9-6-3-1-5(2-4-6)7(10)11;8-6-4-2-1-3-5(6)7(9)10;1-8(2,3)7-9(4,5)6;;;;;;1-4(2)3/h1-12,25-26H,(H,27,28);1-8,16-17H,(H,15,18,19);1-4,9H;1-4,9H,8H2,(H,10,11);1-4,8H,(H,9,10);7H,1-6H3;5*1H4;. The number of rotatable bonds is 12. The number of hydrogen-bond donors (Lipinski definition) is 13. The molecule has 0 aliphatic heterocycles. The minimum atomic E-state index is -1.67. The summed E-state index contributed by atoms with van der Waals surface area (Å²) < 4.78 is 14.3. The zero-order valence-electron chi connectivity index (χ0n) is 49.3. The topological polar surface area (TPSA) is 394 Å². The highest BCUT2D eigenvalue weighted by Crippen LogP contribution is 2.34. The highest BCUT2D eigenvalue weighted by atomic mass is 36.0. The van der Waals surface area contributed by atoms with Crippen molar-refractivity contribution in [2.24, 2.45) is 5.84 Å². The molecule has 0 aliphatic rings. The number of para-hydroxylation sites is 6. The third-order valence-corrected chi connectivity index (χ3v) is 17.3. The van der Waals surface area contributed by atoms with Gasteiger partial charge in [0.2, 0.25) is 9.23 Å². The largest absolute Gasteiger partial charge is 0.507 e. The molecule has 29 heteroatoms. The number of nitrogens with one attached hydrogen (secondary N) is 3. The van der Waals surface area contributed by atoms with Gasteiger partial charge in [0, 0.05) is 27.1 Å². The molecule has 0 aliphatic carbocycles. The van der Waals surface area contributed by atoms with Gasteiger partial charge in [-0.15, -0.1) is 5.10 Å². The van der Waals surface area contributed by atoms with E-state index < -0.39 is 60.7 Å². The fourth-order valence-corrected chi connectivity index (χ4v) is 16.7. The number of aromatic carboxylic acids is 3. The molecule has 8 aromatic carbocycles. The first-order valence-corrected chi connectivity index (χ1v) is 36.5. The Morgan fingerprint density at radius 1 is 0.448 bits per heavy atom. The molecule has 14 N–H and O–H groups in total. The number of hydrogen-bond acceptors (Lipinski definition) is 18. The number of carboxylic acid groups (broad SMARTS) is 3. The van der Waals surface area contributed by atoms with Crippen LogP contribution in [-0.4, -0.2) is 116 Å². The monoisotopic (exact) mass is 1440 g/mol. The van der Waals surface area contributed by atoms with E-state index in [0.717, 1.165) is 0 Å². The van der Waals surface area contributed by atoms with Crippen LogP contribution in [0.2, 0.25) is 39.3 Å². The van der Waals surface area contributed by atoms with Crippen LogP contribution in [0.25, 0.3) is 28.5 Å². The number of halogens is 3. The average Bonchev–Trinajstić information content (AvgIpc) is 1.63. The van der Waals surface area contributed by atoms with Crippen molar-refractivity contribution in [1.29, 1.82) is 0 Å². The van der Waals surface area contributed by atoms with Crippen molar-refractivity contribution in [2.75, 3.05) is 5.43 Å². The number of phenolic OH excluding ortho intramolecular Hbond substituents is 5. The van der Waals surface area contributed by atoms with Gasteiger partial charge in [-0.25, -0.2) is 28.3 Å². The molecule has 0 unspecified atom stereocenters. The summed E-state index contributed by atoms with van der Waals surface area (Å²) in [5.41, 5.74) is 5.02. The van der Waals surface area contributed by atoms with E-state index in [0.29, 0.717) is 28.3 Å². The Hall–Kier alpha value is -9.91. The maximum atomic E-state index is 11.8. The molecule has 96 heavy (non-hydrogen) atoms. The molecule has 518 valence electrons. The van der Waals surface area contributed by atoms with Gasteiger partial charge in [-0.3, -0.25) is 25.5 Å². The number of benzene rings is 8. The zero-order chi connectivity index (χ0) is 68.2. The van der Waals surface area contributed by atoms with Crippen molar-refractivity contribution in [1.82, 2.24) is 24.7 Å².